The van der Waals surface area contributed by atoms with Gasteiger partial charge in [-0.05, 0) is 30.3 Å². The SMILES string of the molecule is OC(CSc1cccc(F)c1)CSc1ccccc1Cl. The second-order valence-electron chi connectivity index (χ2n) is 4.16. The molecule has 0 saturated heterocycles. The number of aliphatic hydroxyl groups excluding tert-OH is 1. The van der Waals surface area contributed by atoms with Gasteiger partial charge in [0.2, 0.25) is 0 Å². The Morgan fingerprint density at radius 1 is 1.05 bits per heavy atom. The van der Waals surface area contributed by atoms with Crippen LogP contribution in [-0.4, -0.2) is 22.7 Å². The molecule has 0 radical (unpaired) electrons. The summed E-state index contributed by atoms with van der Waals surface area (Å²) < 4.78 is 13.0. The van der Waals surface area contributed by atoms with Crippen molar-refractivity contribution in [3.05, 3.63) is 59.4 Å². The van der Waals surface area contributed by atoms with Crippen LogP contribution >= 0.6 is 35.1 Å². The summed E-state index contributed by atoms with van der Waals surface area (Å²) in [7, 11) is 0. The first kappa shape index (κ1) is 15.7. The molecule has 2 aromatic rings. The lowest BCUT2D eigenvalue weighted by Gasteiger charge is -2.10. The zero-order valence-electron chi connectivity index (χ0n) is 10.6. The number of rotatable bonds is 6. The lowest BCUT2D eigenvalue weighted by molar-refractivity contribution is 0.225. The minimum atomic E-state index is -0.468. The van der Waals surface area contributed by atoms with E-state index in [1.807, 2.05) is 30.3 Å². The Bertz CT molecular complexity index is 565. The van der Waals surface area contributed by atoms with Crippen LogP contribution in [0.2, 0.25) is 5.02 Å². The maximum atomic E-state index is 13.0. The quantitative estimate of drug-likeness (QED) is 0.774. The molecule has 2 aromatic carbocycles. The van der Waals surface area contributed by atoms with Crippen LogP contribution < -0.4 is 0 Å². The highest BCUT2D eigenvalue weighted by molar-refractivity contribution is 8.00. The fraction of sp³-hybridized carbons (Fsp3) is 0.200. The van der Waals surface area contributed by atoms with Crippen LogP contribution in [0.3, 0.4) is 0 Å². The van der Waals surface area contributed by atoms with Gasteiger partial charge in [0, 0.05) is 21.3 Å². The Morgan fingerprint density at radius 2 is 1.80 bits per heavy atom. The molecular formula is C15H14ClFOS2. The molecular weight excluding hydrogens is 315 g/mol. The van der Waals surface area contributed by atoms with E-state index >= 15 is 0 Å². The van der Waals surface area contributed by atoms with Gasteiger partial charge in [-0.15, -0.1) is 23.5 Å². The van der Waals surface area contributed by atoms with Crippen LogP contribution in [0.5, 0.6) is 0 Å². The van der Waals surface area contributed by atoms with Crippen molar-refractivity contribution < 1.29 is 9.50 Å². The number of aliphatic hydroxyl groups is 1. The number of hydrogen-bond donors (Lipinski definition) is 1. The van der Waals surface area contributed by atoms with Crippen LogP contribution in [0, 0.1) is 5.82 Å². The minimum Gasteiger partial charge on any atom is -0.391 e. The number of halogens is 2. The van der Waals surface area contributed by atoms with Gasteiger partial charge >= 0.3 is 0 Å². The fourth-order valence-electron chi connectivity index (χ4n) is 1.55. The summed E-state index contributed by atoms with van der Waals surface area (Å²) in [5.41, 5.74) is 0. The third-order valence-electron chi connectivity index (χ3n) is 2.51. The first-order valence-electron chi connectivity index (χ1n) is 6.09. The predicted molar refractivity (Wildman–Crippen MR) is 85.3 cm³/mol. The highest BCUT2D eigenvalue weighted by Crippen LogP contribution is 2.28. The van der Waals surface area contributed by atoms with Gasteiger partial charge in [-0.2, -0.15) is 0 Å². The number of thioether (sulfide) groups is 2. The molecule has 0 spiro atoms. The van der Waals surface area contributed by atoms with E-state index in [9.17, 15) is 9.50 Å². The van der Waals surface area contributed by atoms with Gasteiger partial charge in [0.05, 0.1) is 11.1 Å². The van der Waals surface area contributed by atoms with Gasteiger partial charge in [0.25, 0.3) is 0 Å². The van der Waals surface area contributed by atoms with Crippen LogP contribution in [0.1, 0.15) is 0 Å². The summed E-state index contributed by atoms with van der Waals surface area (Å²) in [6.07, 6.45) is -0.468. The molecule has 0 aliphatic heterocycles. The number of hydrogen-bond acceptors (Lipinski definition) is 3. The Balaban J connectivity index is 1.78. The van der Waals surface area contributed by atoms with Crippen LogP contribution in [0.25, 0.3) is 0 Å². The van der Waals surface area contributed by atoms with Crippen molar-refractivity contribution in [1.82, 2.24) is 0 Å². The van der Waals surface area contributed by atoms with Crippen LogP contribution in [0.4, 0.5) is 4.39 Å². The van der Waals surface area contributed by atoms with E-state index in [0.717, 1.165) is 9.79 Å². The van der Waals surface area contributed by atoms with Crippen molar-refractivity contribution in [3.63, 3.8) is 0 Å². The maximum Gasteiger partial charge on any atom is 0.124 e. The topological polar surface area (TPSA) is 20.2 Å². The van der Waals surface area contributed by atoms with E-state index in [2.05, 4.69) is 0 Å². The smallest absolute Gasteiger partial charge is 0.124 e. The summed E-state index contributed by atoms with van der Waals surface area (Å²) in [4.78, 5) is 1.79. The average Bonchev–Trinajstić information content (AvgIpc) is 2.44. The molecule has 0 fully saturated rings. The molecule has 1 nitrogen and oxygen atoms in total. The van der Waals surface area contributed by atoms with Crippen molar-refractivity contribution in [1.29, 1.82) is 0 Å². The molecule has 2 rings (SSSR count). The highest BCUT2D eigenvalue weighted by atomic mass is 35.5. The molecule has 0 aromatic heterocycles. The predicted octanol–water partition coefficient (Wildman–Crippen LogP) is 4.72. The molecule has 20 heavy (non-hydrogen) atoms. The Hall–Kier alpha value is -0.680. The summed E-state index contributed by atoms with van der Waals surface area (Å²) >= 11 is 9.02. The summed E-state index contributed by atoms with van der Waals surface area (Å²) in [5.74, 6) is 0.836. The molecule has 106 valence electrons. The molecule has 0 saturated carbocycles. The first-order valence-corrected chi connectivity index (χ1v) is 8.44. The van der Waals surface area contributed by atoms with E-state index in [-0.39, 0.29) is 5.82 Å². The van der Waals surface area contributed by atoms with Crippen molar-refractivity contribution in [2.24, 2.45) is 0 Å². The van der Waals surface area contributed by atoms with Gasteiger partial charge in [0.15, 0.2) is 0 Å². The van der Waals surface area contributed by atoms with Gasteiger partial charge in [-0.25, -0.2) is 4.39 Å². The molecule has 5 heteroatoms. The molecule has 1 atom stereocenters. The van der Waals surface area contributed by atoms with Crippen LogP contribution in [-0.2, 0) is 0 Å². The Morgan fingerprint density at radius 3 is 2.55 bits per heavy atom. The van der Waals surface area contributed by atoms with Crippen molar-refractivity contribution >= 4 is 35.1 Å². The maximum absolute atomic E-state index is 13.0. The van der Waals surface area contributed by atoms with E-state index in [1.165, 1.54) is 35.7 Å². The van der Waals surface area contributed by atoms with Crippen molar-refractivity contribution in [3.8, 4) is 0 Å². The van der Waals surface area contributed by atoms with Crippen LogP contribution in [0.15, 0.2) is 58.3 Å². The molecule has 1 unspecified atom stereocenters. The van der Waals surface area contributed by atoms with Crippen molar-refractivity contribution in [2.45, 2.75) is 15.9 Å². The van der Waals surface area contributed by atoms with E-state index in [4.69, 9.17) is 11.6 Å². The standard InChI is InChI=1S/C15H14ClFOS2/c16-14-6-1-2-7-15(14)20-10-12(18)9-19-13-5-3-4-11(17)8-13/h1-8,12,18H,9-10H2. The molecule has 0 amide bonds. The minimum absolute atomic E-state index is 0.255. The second-order valence-corrected chi connectivity index (χ2v) is 6.73. The highest BCUT2D eigenvalue weighted by Gasteiger charge is 2.08. The molecule has 0 aliphatic rings. The monoisotopic (exact) mass is 328 g/mol. The second kappa shape index (κ2) is 7.93. The molecule has 0 aliphatic carbocycles. The van der Waals surface area contributed by atoms with E-state index in [1.54, 1.807) is 6.07 Å². The van der Waals surface area contributed by atoms with Gasteiger partial charge < -0.3 is 5.11 Å². The first-order chi connectivity index (χ1) is 9.65. The lowest BCUT2D eigenvalue weighted by Crippen LogP contribution is -2.12. The number of benzene rings is 2. The van der Waals surface area contributed by atoms with Crippen molar-refractivity contribution in [2.75, 3.05) is 11.5 Å². The Kier molecular flexibility index (Phi) is 6.23. The van der Waals surface area contributed by atoms with E-state index in [0.29, 0.717) is 16.5 Å². The average molecular weight is 329 g/mol. The van der Waals surface area contributed by atoms with Gasteiger partial charge in [0.1, 0.15) is 5.82 Å². The Labute approximate surface area is 131 Å². The summed E-state index contributed by atoms with van der Waals surface area (Å²) in [5, 5.41) is 10.7. The summed E-state index contributed by atoms with van der Waals surface area (Å²) in [6, 6.07) is 13.9. The van der Waals surface area contributed by atoms with Gasteiger partial charge in [-0.1, -0.05) is 29.8 Å². The zero-order chi connectivity index (χ0) is 14.4. The van der Waals surface area contributed by atoms with Gasteiger partial charge in [-0.3, -0.25) is 0 Å². The molecule has 0 bridgehead atoms. The van der Waals surface area contributed by atoms with E-state index < -0.39 is 6.10 Å². The molecule has 0 heterocycles. The third kappa shape index (κ3) is 5.02. The zero-order valence-corrected chi connectivity index (χ0v) is 13.0. The molecule has 1 N–H and O–H groups in total. The summed E-state index contributed by atoms with van der Waals surface area (Å²) in [6.45, 7) is 0. The third-order valence-corrected chi connectivity index (χ3v) is 5.31. The largest absolute Gasteiger partial charge is 0.391 e. The lowest BCUT2D eigenvalue weighted by atomic mass is 10.4. The normalized spacial score (nSPS) is 12.3. The fourth-order valence-corrected chi connectivity index (χ4v) is 3.74.